The number of anilines is 2. The highest BCUT2D eigenvalue weighted by molar-refractivity contribution is 9.10. The number of nitrogens with two attached hydrogens (primary N) is 1. The van der Waals surface area contributed by atoms with Crippen LogP contribution in [0.4, 0.5) is 11.4 Å². The average molecular weight is 343 g/mol. The minimum absolute atomic E-state index is 0.667. The van der Waals surface area contributed by atoms with Gasteiger partial charge in [0.25, 0.3) is 0 Å². The summed E-state index contributed by atoms with van der Waals surface area (Å²) < 4.78 is 0.922. The fourth-order valence-corrected chi connectivity index (χ4v) is 2.50. The van der Waals surface area contributed by atoms with Gasteiger partial charge in [-0.25, -0.2) is 0 Å². The van der Waals surface area contributed by atoms with Crippen LogP contribution in [0.3, 0.4) is 0 Å². The lowest BCUT2D eigenvalue weighted by molar-refractivity contribution is 0.969. The molecule has 0 saturated carbocycles. The van der Waals surface area contributed by atoms with Gasteiger partial charge in [0, 0.05) is 22.6 Å². The van der Waals surface area contributed by atoms with E-state index in [1.54, 1.807) is 12.4 Å². The number of pyridine rings is 2. The van der Waals surface area contributed by atoms with Gasteiger partial charge < -0.3 is 11.1 Å². The van der Waals surface area contributed by atoms with Gasteiger partial charge in [0.2, 0.25) is 0 Å². The molecule has 0 radical (unpaired) electrons. The molecule has 4 nitrogen and oxygen atoms in total. The molecule has 106 valence electrons. The van der Waals surface area contributed by atoms with Gasteiger partial charge in [-0.2, -0.15) is 0 Å². The van der Waals surface area contributed by atoms with Gasteiger partial charge in [-0.1, -0.05) is 12.1 Å². The van der Waals surface area contributed by atoms with Crippen molar-refractivity contribution in [2.24, 2.45) is 5.73 Å². The summed E-state index contributed by atoms with van der Waals surface area (Å²) in [5, 5.41) is 3.39. The average Bonchev–Trinajstić information content (AvgIpc) is 2.49. The van der Waals surface area contributed by atoms with Crippen molar-refractivity contribution in [3.63, 3.8) is 0 Å². The maximum atomic E-state index is 5.56. The van der Waals surface area contributed by atoms with Gasteiger partial charge >= 0.3 is 0 Å². The Labute approximate surface area is 131 Å². The molecule has 0 saturated heterocycles. The molecule has 3 aromatic rings. The van der Waals surface area contributed by atoms with Crippen LogP contribution in [0.25, 0.3) is 11.0 Å². The van der Waals surface area contributed by atoms with Gasteiger partial charge in [-0.3, -0.25) is 9.97 Å². The lowest BCUT2D eigenvalue weighted by Gasteiger charge is -2.09. The number of fused-ring (bicyclic) bond motifs is 1. The van der Waals surface area contributed by atoms with Crippen LogP contribution in [-0.2, 0) is 6.42 Å². The molecule has 0 unspecified atom stereocenters. The van der Waals surface area contributed by atoms with E-state index >= 15 is 0 Å². The lowest BCUT2D eigenvalue weighted by Crippen LogP contribution is -2.02. The van der Waals surface area contributed by atoms with Crippen molar-refractivity contribution in [3.05, 3.63) is 58.8 Å². The minimum Gasteiger partial charge on any atom is -0.354 e. The third kappa shape index (κ3) is 3.20. The monoisotopic (exact) mass is 342 g/mol. The van der Waals surface area contributed by atoms with Gasteiger partial charge in [0.05, 0.1) is 11.2 Å². The summed E-state index contributed by atoms with van der Waals surface area (Å²) in [5.74, 6) is 0. The molecule has 0 fully saturated rings. The Morgan fingerprint density at radius 1 is 1.10 bits per heavy atom. The number of nitrogens with one attached hydrogen (secondary N) is 1. The quantitative estimate of drug-likeness (QED) is 0.759. The standard InChI is InChI=1S/C16H15BrN4/c17-12-9-15-16(20-10-12)14(6-8-19-15)21-13-3-1-11(2-4-13)5-7-18/h1-4,6,8-10H,5,7,18H2,(H,19,21). The van der Waals surface area contributed by atoms with E-state index in [-0.39, 0.29) is 0 Å². The number of hydrogen-bond donors (Lipinski definition) is 2. The summed E-state index contributed by atoms with van der Waals surface area (Å²) in [6.07, 6.45) is 4.45. The number of nitrogens with zero attached hydrogens (tertiary/aromatic N) is 2. The molecule has 2 heterocycles. The van der Waals surface area contributed by atoms with Crippen LogP contribution in [0.2, 0.25) is 0 Å². The number of aromatic nitrogens is 2. The summed E-state index contributed by atoms with van der Waals surface area (Å²) in [6.45, 7) is 0.667. The van der Waals surface area contributed by atoms with Crippen LogP contribution in [0.5, 0.6) is 0 Å². The zero-order valence-electron chi connectivity index (χ0n) is 11.4. The summed E-state index contributed by atoms with van der Waals surface area (Å²) in [4.78, 5) is 8.77. The van der Waals surface area contributed by atoms with Crippen molar-refractivity contribution >= 4 is 38.3 Å². The minimum atomic E-state index is 0.667. The van der Waals surface area contributed by atoms with E-state index in [2.05, 4.69) is 55.5 Å². The van der Waals surface area contributed by atoms with Crippen LogP contribution in [0.15, 0.2) is 53.3 Å². The van der Waals surface area contributed by atoms with Crippen LogP contribution in [-0.4, -0.2) is 16.5 Å². The topological polar surface area (TPSA) is 63.8 Å². The van der Waals surface area contributed by atoms with Crippen LogP contribution >= 0.6 is 15.9 Å². The SMILES string of the molecule is NCCc1ccc(Nc2ccnc3cc(Br)cnc23)cc1. The van der Waals surface area contributed by atoms with Gasteiger partial charge in [0.15, 0.2) is 0 Å². The molecular weight excluding hydrogens is 328 g/mol. The zero-order valence-corrected chi connectivity index (χ0v) is 13.0. The van der Waals surface area contributed by atoms with E-state index in [0.29, 0.717) is 6.54 Å². The van der Waals surface area contributed by atoms with E-state index in [1.807, 2.05) is 12.1 Å². The van der Waals surface area contributed by atoms with E-state index < -0.39 is 0 Å². The molecular formula is C16H15BrN4. The van der Waals surface area contributed by atoms with Crippen molar-refractivity contribution in [1.29, 1.82) is 0 Å². The van der Waals surface area contributed by atoms with Crippen molar-refractivity contribution in [3.8, 4) is 0 Å². The molecule has 0 aliphatic rings. The van der Waals surface area contributed by atoms with E-state index in [9.17, 15) is 0 Å². The Morgan fingerprint density at radius 2 is 1.90 bits per heavy atom. The van der Waals surface area contributed by atoms with Crippen molar-refractivity contribution in [2.75, 3.05) is 11.9 Å². The van der Waals surface area contributed by atoms with E-state index in [0.717, 1.165) is 33.3 Å². The normalized spacial score (nSPS) is 10.8. The molecule has 3 rings (SSSR count). The second-order valence-electron chi connectivity index (χ2n) is 4.74. The van der Waals surface area contributed by atoms with Crippen LogP contribution in [0.1, 0.15) is 5.56 Å². The second kappa shape index (κ2) is 6.20. The maximum absolute atomic E-state index is 5.56. The van der Waals surface area contributed by atoms with E-state index in [4.69, 9.17) is 5.73 Å². The second-order valence-corrected chi connectivity index (χ2v) is 5.66. The Kier molecular flexibility index (Phi) is 4.13. The highest BCUT2D eigenvalue weighted by atomic mass is 79.9. The molecule has 0 bridgehead atoms. The molecule has 0 amide bonds. The zero-order chi connectivity index (χ0) is 14.7. The molecule has 1 aromatic carbocycles. The first-order chi connectivity index (χ1) is 10.3. The smallest absolute Gasteiger partial charge is 0.112 e. The predicted octanol–water partition coefficient (Wildman–Crippen LogP) is 3.64. The Morgan fingerprint density at radius 3 is 2.67 bits per heavy atom. The van der Waals surface area contributed by atoms with Gasteiger partial charge in [-0.15, -0.1) is 0 Å². The largest absolute Gasteiger partial charge is 0.354 e. The Balaban J connectivity index is 1.90. The fraction of sp³-hybridized carbons (Fsp3) is 0.125. The van der Waals surface area contributed by atoms with Crippen molar-refractivity contribution < 1.29 is 0 Å². The number of hydrogen-bond acceptors (Lipinski definition) is 4. The summed E-state index contributed by atoms with van der Waals surface area (Å²) in [7, 11) is 0. The van der Waals surface area contributed by atoms with Crippen molar-refractivity contribution in [2.45, 2.75) is 6.42 Å². The first kappa shape index (κ1) is 14.0. The molecule has 0 spiro atoms. The molecule has 0 aliphatic heterocycles. The first-order valence-electron chi connectivity index (χ1n) is 6.72. The third-order valence-corrected chi connectivity index (χ3v) is 3.64. The highest BCUT2D eigenvalue weighted by Crippen LogP contribution is 2.25. The summed E-state index contributed by atoms with van der Waals surface area (Å²) in [6, 6.07) is 12.2. The molecule has 0 atom stereocenters. The molecule has 3 N–H and O–H groups in total. The van der Waals surface area contributed by atoms with Crippen LogP contribution in [0, 0.1) is 0 Å². The predicted molar refractivity (Wildman–Crippen MR) is 89.7 cm³/mol. The number of benzene rings is 1. The van der Waals surface area contributed by atoms with Crippen LogP contribution < -0.4 is 11.1 Å². The summed E-state index contributed by atoms with van der Waals surface area (Å²) >= 11 is 3.41. The van der Waals surface area contributed by atoms with Gasteiger partial charge in [-0.05, 0) is 58.7 Å². The highest BCUT2D eigenvalue weighted by Gasteiger charge is 2.04. The first-order valence-corrected chi connectivity index (χ1v) is 7.52. The van der Waals surface area contributed by atoms with E-state index in [1.165, 1.54) is 5.56 Å². The lowest BCUT2D eigenvalue weighted by atomic mass is 10.1. The fourth-order valence-electron chi connectivity index (χ4n) is 2.18. The maximum Gasteiger partial charge on any atom is 0.112 e. The number of rotatable bonds is 4. The molecule has 0 aliphatic carbocycles. The molecule has 21 heavy (non-hydrogen) atoms. The molecule has 5 heteroatoms. The summed E-state index contributed by atoms with van der Waals surface area (Å²) in [5.41, 5.74) is 10.5. The Hall–Kier alpha value is -1.98. The third-order valence-electron chi connectivity index (χ3n) is 3.21. The molecule has 2 aromatic heterocycles. The van der Waals surface area contributed by atoms with Crippen molar-refractivity contribution in [1.82, 2.24) is 9.97 Å². The van der Waals surface area contributed by atoms with Gasteiger partial charge in [0.1, 0.15) is 5.52 Å². The number of halogens is 1. The Bertz CT molecular complexity index is 756.